The quantitative estimate of drug-likeness (QED) is 0.605. The first-order valence-corrected chi connectivity index (χ1v) is 6.73. The van der Waals surface area contributed by atoms with E-state index in [0.717, 1.165) is 39.1 Å². The summed E-state index contributed by atoms with van der Waals surface area (Å²) in [4.78, 5) is 12.5. The SMILES string of the molecule is COc1ccc(-c2ncc3[nH]c4ccccc4c3n2)cc1. The van der Waals surface area contributed by atoms with Crippen molar-refractivity contribution >= 4 is 21.9 Å². The largest absolute Gasteiger partial charge is 0.497 e. The molecule has 4 nitrogen and oxygen atoms in total. The minimum absolute atomic E-state index is 0.718. The number of nitrogens with one attached hydrogen (secondary N) is 1. The Morgan fingerprint density at radius 2 is 1.76 bits per heavy atom. The zero-order valence-electron chi connectivity index (χ0n) is 11.5. The van der Waals surface area contributed by atoms with Crippen molar-refractivity contribution in [1.29, 1.82) is 0 Å². The zero-order valence-corrected chi connectivity index (χ0v) is 11.5. The van der Waals surface area contributed by atoms with Crippen LogP contribution in [-0.4, -0.2) is 22.1 Å². The van der Waals surface area contributed by atoms with Gasteiger partial charge in [0.15, 0.2) is 5.82 Å². The summed E-state index contributed by atoms with van der Waals surface area (Å²) >= 11 is 0. The lowest BCUT2D eigenvalue weighted by Crippen LogP contribution is -1.89. The van der Waals surface area contributed by atoms with Gasteiger partial charge < -0.3 is 9.72 Å². The molecular weight excluding hydrogens is 262 g/mol. The van der Waals surface area contributed by atoms with Gasteiger partial charge in [0.2, 0.25) is 0 Å². The zero-order chi connectivity index (χ0) is 14.2. The number of ether oxygens (including phenoxy) is 1. The lowest BCUT2D eigenvalue weighted by atomic mass is 10.2. The van der Waals surface area contributed by atoms with Crippen LogP contribution in [-0.2, 0) is 0 Å². The maximum absolute atomic E-state index is 5.17. The molecule has 2 heterocycles. The van der Waals surface area contributed by atoms with Crippen molar-refractivity contribution in [1.82, 2.24) is 15.0 Å². The Hall–Kier alpha value is -2.88. The highest BCUT2D eigenvalue weighted by Gasteiger charge is 2.08. The molecule has 102 valence electrons. The van der Waals surface area contributed by atoms with E-state index in [1.165, 1.54) is 0 Å². The molecule has 0 saturated heterocycles. The van der Waals surface area contributed by atoms with Crippen LogP contribution in [0.5, 0.6) is 5.75 Å². The first-order valence-electron chi connectivity index (χ1n) is 6.73. The Bertz CT molecular complexity index is 926. The number of aromatic amines is 1. The number of hydrogen-bond donors (Lipinski definition) is 1. The summed E-state index contributed by atoms with van der Waals surface area (Å²) in [6.45, 7) is 0. The van der Waals surface area contributed by atoms with Gasteiger partial charge in [0, 0.05) is 16.5 Å². The average Bonchev–Trinajstić information content (AvgIpc) is 2.93. The van der Waals surface area contributed by atoms with Gasteiger partial charge in [0.1, 0.15) is 5.75 Å². The van der Waals surface area contributed by atoms with Crippen LogP contribution in [0.3, 0.4) is 0 Å². The predicted molar refractivity (Wildman–Crippen MR) is 83.4 cm³/mol. The third-order valence-electron chi connectivity index (χ3n) is 3.59. The van der Waals surface area contributed by atoms with E-state index in [0.29, 0.717) is 0 Å². The van der Waals surface area contributed by atoms with Gasteiger partial charge in [-0.05, 0) is 30.3 Å². The molecule has 0 spiro atoms. The molecular formula is C17H13N3O. The average molecular weight is 275 g/mol. The molecule has 0 aliphatic rings. The van der Waals surface area contributed by atoms with Crippen LogP contribution in [0.15, 0.2) is 54.7 Å². The number of aromatic nitrogens is 3. The summed E-state index contributed by atoms with van der Waals surface area (Å²) in [6, 6.07) is 15.9. The molecule has 0 radical (unpaired) electrons. The highest BCUT2D eigenvalue weighted by Crippen LogP contribution is 2.26. The van der Waals surface area contributed by atoms with E-state index in [9.17, 15) is 0 Å². The number of benzene rings is 2. The van der Waals surface area contributed by atoms with Crippen molar-refractivity contribution in [3.63, 3.8) is 0 Å². The molecule has 0 atom stereocenters. The number of rotatable bonds is 2. The van der Waals surface area contributed by atoms with Gasteiger partial charge in [0.25, 0.3) is 0 Å². The minimum Gasteiger partial charge on any atom is -0.497 e. The minimum atomic E-state index is 0.718. The van der Waals surface area contributed by atoms with Gasteiger partial charge in [-0.25, -0.2) is 9.97 Å². The first kappa shape index (κ1) is 11.9. The molecule has 1 N–H and O–H groups in total. The number of hydrogen-bond acceptors (Lipinski definition) is 3. The molecule has 0 bridgehead atoms. The number of H-pyrrole nitrogens is 1. The Labute approximate surface area is 121 Å². The second-order valence-corrected chi connectivity index (χ2v) is 4.85. The van der Waals surface area contributed by atoms with Crippen LogP contribution in [0.4, 0.5) is 0 Å². The Balaban J connectivity index is 1.90. The molecule has 0 saturated carbocycles. The van der Waals surface area contributed by atoms with Crippen molar-refractivity contribution in [3.05, 3.63) is 54.7 Å². The Morgan fingerprint density at radius 1 is 0.952 bits per heavy atom. The topological polar surface area (TPSA) is 50.8 Å². The van der Waals surface area contributed by atoms with Crippen molar-refractivity contribution < 1.29 is 4.74 Å². The fourth-order valence-corrected chi connectivity index (χ4v) is 2.50. The number of para-hydroxylation sites is 1. The summed E-state index contributed by atoms with van der Waals surface area (Å²) in [6.07, 6.45) is 1.84. The van der Waals surface area contributed by atoms with Gasteiger partial charge in [-0.3, -0.25) is 0 Å². The third-order valence-corrected chi connectivity index (χ3v) is 3.59. The third kappa shape index (κ3) is 1.92. The van der Waals surface area contributed by atoms with Gasteiger partial charge in [-0.15, -0.1) is 0 Å². The Kier molecular flexibility index (Phi) is 2.60. The van der Waals surface area contributed by atoms with Crippen LogP contribution in [0.2, 0.25) is 0 Å². The predicted octanol–water partition coefficient (Wildman–Crippen LogP) is 3.79. The molecule has 0 fully saturated rings. The maximum atomic E-state index is 5.17. The molecule has 4 rings (SSSR count). The summed E-state index contributed by atoms with van der Waals surface area (Å²) in [5.74, 6) is 1.54. The number of methoxy groups -OCH3 is 1. The lowest BCUT2D eigenvalue weighted by molar-refractivity contribution is 0.415. The monoisotopic (exact) mass is 275 g/mol. The molecule has 0 aliphatic heterocycles. The first-order chi connectivity index (χ1) is 10.3. The van der Waals surface area contributed by atoms with E-state index in [4.69, 9.17) is 9.72 Å². The van der Waals surface area contributed by atoms with E-state index in [-0.39, 0.29) is 0 Å². The van der Waals surface area contributed by atoms with Gasteiger partial charge in [-0.1, -0.05) is 18.2 Å². The standard InChI is InChI=1S/C17H13N3O/c1-21-12-8-6-11(7-9-12)17-18-10-15-16(20-17)13-4-2-3-5-14(13)19-15/h2-10,19H,1H3. The van der Waals surface area contributed by atoms with Gasteiger partial charge in [0.05, 0.1) is 24.3 Å². The van der Waals surface area contributed by atoms with Crippen LogP contribution in [0.1, 0.15) is 0 Å². The maximum Gasteiger partial charge on any atom is 0.159 e. The van der Waals surface area contributed by atoms with Gasteiger partial charge in [-0.2, -0.15) is 0 Å². The van der Waals surface area contributed by atoms with Crippen LogP contribution < -0.4 is 4.74 Å². The summed E-state index contributed by atoms with van der Waals surface area (Å²) in [5.41, 5.74) is 3.96. The van der Waals surface area contributed by atoms with Crippen molar-refractivity contribution in [2.24, 2.45) is 0 Å². The highest BCUT2D eigenvalue weighted by molar-refractivity contribution is 6.04. The number of fused-ring (bicyclic) bond motifs is 3. The molecule has 2 aromatic carbocycles. The number of nitrogens with zero attached hydrogens (tertiary/aromatic N) is 2. The molecule has 4 heteroatoms. The molecule has 4 aromatic rings. The van der Waals surface area contributed by atoms with Crippen molar-refractivity contribution in [2.45, 2.75) is 0 Å². The van der Waals surface area contributed by atoms with Crippen molar-refractivity contribution in [3.8, 4) is 17.1 Å². The van der Waals surface area contributed by atoms with E-state index in [2.05, 4.69) is 16.0 Å². The molecule has 0 amide bonds. The van der Waals surface area contributed by atoms with E-state index in [1.807, 2.05) is 48.7 Å². The van der Waals surface area contributed by atoms with Gasteiger partial charge >= 0.3 is 0 Å². The fourth-order valence-electron chi connectivity index (χ4n) is 2.50. The normalized spacial score (nSPS) is 11.1. The van der Waals surface area contributed by atoms with Crippen molar-refractivity contribution in [2.75, 3.05) is 7.11 Å². The van der Waals surface area contributed by atoms with E-state index < -0.39 is 0 Å². The second kappa shape index (κ2) is 4.59. The van der Waals surface area contributed by atoms with Crippen LogP contribution in [0, 0.1) is 0 Å². The summed E-state index contributed by atoms with van der Waals surface area (Å²) < 4.78 is 5.17. The second-order valence-electron chi connectivity index (χ2n) is 4.85. The summed E-state index contributed by atoms with van der Waals surface area (Å²) in [7, 11) is 1.66. The van der Waals surface area contributed by atoms with E-state index in [1.54, 1.807) is 7.11 Å². The Morgan fingerprint density at radius 3 is 2.57 bits per heavy atom. The van der Waals surface area contributed by atoms with E-state index >= 15 is 0 Å². The fraction of sp³-hybridized carbons (Fsp3) is 0.0588. The smallest absolute Gasteiger partial charge is 0.159 e. The lowest BCUT2D eigenvalue weighted by Gasteiger charge is -2.02. The molecule has 21 heavy (non-hydrogen) atoms. The highest BCUT2D eigenvalue weighted by atomic mass is 16.5. The molecule has 0 unspecified atom stereocenters. The van der Waals surface area contributed by atoms with Crippen LogP contribution in [0.25, 0.3) is 33.3 Å². The van der Waals surface area contributed by atoms with Crippen LogP contribution >= 0.6 is 0 Å². The molecule has 0 aliphatic carbocycles. The summed E-state index contributed by atoms with van der Waals surface area (Å²) in [5, 5.41) is 1.12. The molecule has 2 aromatic heterocycles.